The van der Waals surface area contributed by atoms with Crippen LogP contribution in [-0.2, 0) is 16.0 Å². The Morgan fingerprint density at radius 3 is 2.33 bits per heavy atom. The molecule has 2 aliphatic heterocycles. The number of H-pyrrole nitrogens is 1. The van der Waals surface area contributed by atoms with Crippen LogP contribution < -0.4 is 0 Å². The van der Waals surface area contributed by atoms with Gasteiger partial charge in [-0.25, -0.2) is 0 Å². The molecular formula is C28H30N4O4. The van der Waals surface area contributed by atoms with Crippen LogP contribution in [0.25, 0.3) is 10.9 Å². The van der Waals surface area contributed by atoms with E-state index in [0.717, 1.165) is 53.4 Å². The van der Waals surface area contributed by atoms with Gasteiger partial charge in [-0.2, -0.15) is 0 Å². The number of carbonyl (C=O) groups excluding carboxylic acids is 2. The van der Waals surface area contributed by atoms with E-state index < -0.39 is 17.0 Å². The maximum atomic E-state index is 14.0. The molecule has 2 atom stereocenters. The van der Waals surface area contributed by atoms with Gasteiger partial charge >= 0.3 is 0 Å². The van der Waals surface area contributed by atoms with Crippen LogP contribution in [0.2, 0.25) is 0 Å². The second-order valence-electron chi connectivity index (χ2n) is 10.3. The minimum Gasteiger partial charge on any atom is -0.356 e. The normalized spacial score (nSPS) is 23.2. The van der Waals surface area contributed by atoms with Crippen LogP contribution in [0.5, 0.6) is 0 Å². The van der Waals surface area contributed by atoms with Gasteiger partial charge in [0.25, 0.3) is 5.69 Å². The Morgan fingerprint density at radius 2 is 1.61 bits per heavy atom. The zero-order valence-electron chi connectivity index (χ0n) is 20.2. The number of hydrogen-bond acceptors (Lipinski definition) is 4. The van der Waals surface area contributed by atoms with Crippen LogP contribution in [0.4, 0.5) is 5.69 Å². The minimum absolute atomic E-state index is 0.000478. The van der Waals surface area contributed by atoms with Crippen LogP contribution in [0, 0.1) is 10.1 Å². The van der Waals surface area contributed by atoms with Crippen molar-refractivity contribution in [2.45, 2.75) is 69.5 Å². The first kappa shape index (κ1) is 22.8. The van der Waals surface area contributed by atoms with Gasteiger partial charge in [0.1, 0.15) is 12.6 Å². The molecule has 1 aliphatic carbocycles. The van der Waals surface area contributed by atoms with Crippen molar-refractivity contribution in [3.8, 4) is 0 Å². The Bertz CT molecular complexity index is 1320. The smallest absolute Gasteiger partial charge is 0.269 e. The molecule has 3 aromatic rings. The van der Waals surface area contributed by atoms with Crippen LogP contribution in [0.3, 0.4) is 0 Å². The first-order valence-electron chi connectivity index (χ1n) is 13.0. The molecule has 8 heteroatoms. The summed E-state index contributed by atoms with van der Waals surface area (Å²) in [6, 6.07) is 13.4. The van der Waals surface area contributed by atoms with E-state index in [0.29, 0.717) is 6.42 Å². The number of aromatic amines is 1. The van der Waals surface area contributed by atoms with Crippen molar-refractivity contribution < 1.29 is 14.5 Å². The molecule has 36 heavy (non-hydrogen) atoms. The number of nitro benzene ring substituents is 1. The fourth-order valence-electron chi connectivity index (χ4n) is 6.47. The summed E-state index contributed by atoms with van der Waals surface area (Å²) in [4.78, 5) is 45.7. The van der Waals surface area contributed by atoms with E-state index in [1.54, 1.807) is 17.0 Å². The molecule has 6 rings (SSSR count). The fourth-order valence-corrected chi connectivity index (χ4v) is 6.47. The molecule has 2 aromatic carbocycles. The van der Waals surface area contributed by atoms with E-state index in [1.165, 1.54) is 31.4 Å². The van der Waals surface area contributed by atoms with Crippen molar-refractivity contribution in [1.29, 1.82) is 0 Å². The summed E-state index contributed by atoms with van der Waals surface area (Å²) in [5, 5.41) is 12.3. The minimum atomic E-state index is -0.580. The first-order valence-corrected chi connectivity index (χ1v) is 13.0. The quantitative estimate of drug-likeness (QED) is 0.422. The van der Waals surface area contributed by atoms with Gasteiger partial charge in [0.05, 0.1) is 11.0 Å². The summed E-state index contributed by atoms with van der Waals surface area (Å²) in [5.74, 6) is -0.0302. The highest BCUT2D eigenvalue weighted by Gasteiger charge is 2.49. The number of rotatable bonds is 3. The number of hydrogen-bond donors (Lipinski definition) is 1. The van der Waals surface area contributed by atoms with Gasteiger partial charge < -0.3 is 14.8 Å². The maximum Gasteiger partial charge on any atom is 0.269 e. The van der Waals surface area contributed by atoms with Gasteiger partial charge in [-0.05, 0) is 42.2 Å². The molecule has 1 saturated carbocycles. The second-order valence-corrected chi connectivity index (χ2v) is 10.3. The Kier molecular flexibility index (Phi) is 5.74. The third-order valence-electron chi connectivity index (χ3n) is 8.23. The Hall–Kier alpha value is -3.68. The van der Waals surface area contributed by atoms with E-state index in [2.05, 4.69) is 11.1 Å². The number of aromatic nitrogens is 1. The third kappa shape index (κ3) is 3.75. The van der Waals surface area contributed by atoms with Crippen molar-refractivity contribution in [2.24, 2.45) is 0 Å². The van der Waals surface area contributed by atoms with Crippen LogP contribution >= 0.6 is 0 Å². The molecular weight excluding hydrogens is 456 g/mol. The van der Waals surface area contributed by atoms with Crippen LogP contribution in [0.1, 0.15) is 67.8 Å². The summed E-state index contributed by atoms with van der Waals surface area (Å²) in [7, 11) is 0. The monoisotopic (exact) mass is 486 g/mol. The highest BCUT2D eigenvalue weighted by molar-refractivity contribution is 5.97. The lowest BCUT2D eigenvalue weighted by molar-refractivity contribution is -0.384. The number of non-ortho nitro benzene ring substituents is 1. The number of nitrogens with zero attached hydrogens (tertiary/aromatic N) is 3. The number of fused-ring (bicyclic) bond motifs is 4. The Balaban J connectivity index is 1.43. The molecule has 186 valence electrons. The Morgan fingerprint density at radius 1 is 0.917 bits per heavy atom. The van der Waals surface area contributed by atoms with Gasteiger partial charge in [-0.3, -0.25) is 19.7 Å². The van der Waals surface area contributed by atoms with Gasteiger partial charge in [0.2, 0.25) is 11.8 Å². The molecule has 2 amide bonds. The second kappa shape index (κ2) is 9.08. The van der Waals surface area contributed by atoms with Crippen LogP contribution in [0.15, 0.2) is 48.5 Å². The Labute approximate surface area is 209 Å². The predicted octanol–water partition coefficient (Wildman–Crippen LogP) is 4.87. The number of benzene rings is 2. The summed E-state index contributed by atoms with van der Waals surface area (Å²) >= 11 is 0. The van der Waals surface area contributed by atoms with Gasteiger partial charge in [-0.1, -0.05) is 50.3 Å². The topological polar surface area (TPSA) is 99.5 Å². The summed E-state index contributed by atoms with van der Waals surface area (Å²) in [6.07, 6.45) is 8.18. The zero-order chi connectivity index (χ0) is 24.8. The fraction of sp³-hybridized carbons (Fsp3) is 0.429. The molecule has 1 aromatic heterocycles. The average Bonchev–Trinajstić information content (AvgIpc) is 3.23. The van der Waals surface area contributed by atoms with Gasteiger partial charge in [0, 0.05) is 41.2 Å². The summed E-state index contributed by atoms with van der Waals surface area (Å²) < 4.78 is 0. The largest absolute Gasteiger partial charge is 0.356 e. The molecule has 0 spiro atoms. The molecule has 0 bridgehead atoms. The van der Waals surface area contributed by atoms with Gasteiger partial charge in [0.15, 0.2) is 0 Å². The molecule has 1 N–H and O–H groups in total. The van der Waals surface area contributed by atoms with E-state index in [-0.39, 0.29) is 30.1 Å². The first-order chi connectivity index (χ1) is 17.5. The summed E-state index contributed by atoms with van der Waals surface area (Å²) in [5.41, 5.74) is 3.67. The van der Waals surface area contributed by atoms with E-state index in [9.17, 15) is 19.7 Å². The maximum absolute atomic E-state index is 14.0. The SMILES string of the molecule is O=C1[C@@H]2Cc3c([nH]c4ccccc34)[C@H](c3ccc([N+](=O)[O-])cc3)N2C(=O)CN1C1CCCCCCC1. The predicted molar refractivity (Wildman–Crippen MR) is 135 cm³/mol. The number of nitro groups is 1. The molecule has 1 saturated heterocycles. The molecule has 3 heterocycles. The highest BCUT2D eigenvalue weighted by atomic mass is 16.6. The average molecular weight is 487 g/mol. The van der Waals surface area contributed by atoms with E-state index in [1.807, 2.05) is 23.1 Å². The standard InChI is InChI=1S/C28H30N4O4/c33-25-17-30(19-8-4-2-1-3-5-9-19)28(34)24-16-22-21-10-6-7-11-23(21)29-26(22)27(31(24)25)18-12-14-20(15-13-18)32(35)36/h6-7,10-15,19,24,27,29H,1-5,8-9,16-17H2/t24-,27-/m0/s1. The van der Waals surface area contributed by atoms with Crippen molar-refractivity contribution in [3.63, 3.8) is 0 Å². The number of carbonyl (C=O) groups is 2. The van der Waals surface area contributed by atoms with Crippen molar-refractivity contribution in [2.75, 3.05) is 6.54 Å². The third-order valence-corrected chi connectivity index (χ3v) is 8.23. The summed E-state index contributed by atoms with van der Waals surface area (Å²) in [6.45, 7) is 0.0963. The number of para-hydroxylation sites is 1. The number of nitrogens with one attached hydrogen (secondary N) is 1. The molecule has 3 aliphatic rings. The lowest BCUT2D eigenvalue weighted by atomic mass is 9.85. The lowest BCUT2D eigenvalue weighted by Crippen LogP contribution is -2.64. The number of piperazine rings is 1. The van der Waals surface area contributed by atoms with E-state index >= 15 is 0 Å². The van der Waals surface area contributed by atoms with Crippen molar-refractivity contribution in [1.82, 2.24) is 14.8 Å². The molecule has 0 radical (unpaired) electrons. The van der Waals surface area contributed by atoms with Crippen molar-refractivity contribution >= 4 is 28.4 Å². The molecule has 8 nitrogen and oxygen atoms in total. The molecule has 0 unspecified atom stereocenters. The molecule has 2 fully saturated rings. The number of amides is 2. The van der Waals surface area contributed by atoms with E-state index in [4.69, 9.17) is 0 Å². The van der Waals surface area contributed by atoms with Crippen molar-refractivity contribution in [3.05, 3.63) is 75.5 Å². The lowest BCUT2D eigenvalue weighted by Gasteiger charge is -2.49. The van der Waals surface area contributed by atoms with Crippen LogP contribution in [-0.4, -0.2) is 50.1 Å². The zero-order valence-corrected chi connectivity index (χ0v) is 20.2. The van der Waals surface area contributed by atoms with Gasteiger partial charge in [-0.15, -0.1) is 0 Å². The highest BCUT2D eigenvalue weighted by Crippen LogP contribution is 2.43.